The van der Waals surface area contributed by atoms with Gasteiger partial charge in [0.05, 0.1) is 23.9 Å². The van der Waals surface area contributed by atoms with Crippen molar-refractivity contribution < 1.29 is 0 Å². The summed E-state index contributed by atoms with van der Waals surface area (Å²) >= 11 is 0. The summed E-state index contributed by atoms with van der Waals surface area (Å²) in [7, 11) is 0. The minimum Gasteiger partial charge on any atom is -0.256 e. The fourth-order valence-corrected chi connectivity index (χ4v) is 1.41. The lowest BCUT2D eigenvalue weighted by Gasteiger charge is -2.01. The Hall–Kier alpha value is -2.65. The van der Waals surface area contributed by atoms with Crippen molar-refractivity contribution in [3.8, 4) is 17.3 Å². The second-order valence-electron chi connectivity index (χ2n) is 3.17. The van der Waals surface area contributed by atoms with Gasteiger partial charge in [0.15, 0.2) is 0 Å². The minimum absolute atomic E-state index is 0.366. The molecule has 1 heterocycles. The summed E-state index contributed by atoms with van der Waals surface area (Å²) in [4.78, 5) is 7.52. The molecule has 2 aromatic rings. The van der Waals surface area contributed by atoms with Crippen LogP contribution >= 0.6 is 0 Å². The smallest absolute Gasteiger partial charge is 0.205 e. The van der Waals surface area contributed by atoms with Crippen LogP contribution in [0.15, 0.2) is 42.6 Å². The zero-order chi connectivity index (χ0) is 11.4. The van der Waals surface area contributed by atoms with Crippen LogP contribution in [-0.2, 0) is 0 Å². The molecule has 0 aliphatic carbocycles. The number of pyridine rings is 1. The van der Waals surface area contributed by atoms with Crippen LogP contribution in [0.2, 0.25) is 0 Å². The van der Waals surface area contributed by atoms with Crippen LogP contribution in [0.4, 0.5) is 5.69 Å². The molecule has 0 N–H and O–H groups in total. The quantitative estimate of drug-likeness (QED) is 0.671. The Morgan fingerprint density at radius 3 is 2.75 bits per heavy atom. The van der Waals surface area contributed by atoms with Crippen LogP contribution in [0, 0.1) is 17.9 Å². The Labute approximate surface area is 93.4 Å². The topological polar surface area (TPSA) is 41.0 Å². The average Bonchev–Trinajstić information content (AvgIpc) is 2.39. The van der Waals surface area contributed by atoms with Gasteiger partial charge >= 0.3 is 0 Å². The normalized spacial score (nSPS) is 9.12. The third kappa shape index (κ3) is 1.75. The molecule has 0 saturated heterocycles. The standard InChI is InChI=1S/C13H7N3/c1-15-13-8-10(5-6-11(13)9-14)12-4-2-3-7-16-12/h2-8H. The van der Waals surface area contributed by atoms with E-state index in [1.165, 1.54) is 0 Å². The fraction of sp³-hybridized carbons (Fsp3) is 0. The van der Waals surface area contributed by atoms with E-state index in [0.717, 1.165) is 11.3 Å². The molecule has 0 aliphatic heterocycles. The first-order chi connectivity index (χ1) is 7.85. The predicted octanol–water partition coefficient (Wildman–Crippen LogP) is 3.17. The van der Waals surface area contributed by atoms with Crippen LogP contribution in [0.1, 0.15) is 5.56 Å². The number of aromatic nitrogens is 1. The third-order valence-corrected chi connectivity index (χ3v) is 2.20. The van der Waals surface area contributed by atoms with E-state index in [2.05, 4.69) is 9.83 Å². The molecule has 0 spiro atoms. The summed E-state index contributed by atoms with van der Waals surface area (Å²) in [5.74, 6) is 0. The van der Waals surface area contributed by atoms with E-state index in [1.54, 1.807) is 24.4 Å². The summed E-state index contributed by atoms with van der Waals surface area (Å²) in [6.45, 7) is 7.00. The van der Waals surface area contributed by atoms with Crippen molar-refractivity contribution in [1.82, 2.24) is 4.98 Å². The molecular weight excluding hydrogens is 198 g/mol. The van der Waals surface area contributed by atoms with Crippen molar-refractivity contribution in [2.45, 2.75) is 0 Å². The lowest BCUT2D eigenvalue weighted by atomic mass is 10.1. The van der Waals surface area contributed by atoms with Gasteiger partial charge in [-0.3, -0.25) is 4.98 Å². The number of rotatable bonds is 1. The highest BCUT2D eigenvalue weighted by Crippen LogP contribution is 2.25. The van der Waals surface area contributed by atoms with Crippen LogP contribution < -0.4 is 0 Å². The summed E-state index contributed by atoms with van der Waals surface area (Å²) < 4.78 is 0. The molecule has 0 amide bonds. The molecule has 0 aliphatic rings. The van der Waals surface area contributed by atoms with Crippen molar-refractivity contribution in [3.05, 3.63) is 59.6 Å². The van der Waals surface area contributed by atoms with Gasteiger partial charge in [0.1, 0.15) is 0 Å². The summed E-state index contributed by atoms with van der Waals surface area (Å²) in [6.07, 6.45) is 1.70. The second-order valence-corrected chi connectivity index (χ2v) is 3.17. The molecule has 1 aromatic heterocycles. The number of hydrogen-bond acceptors (Lipinski definition) is 2. The molecule has 0 saturated carbocycles. The predicted molar refractivity (Wildman–Crippen MR) is 60.7 cm³/mol. The Morgan fingerprint density at radius 2 is 2.12 bits per heavy atom. The molecule has 0 unspecified atom stereocenters. The highest BCUT2D eigenvalue weighted by atomic mass is 14.7. The lowest BCUT2D eigenvalue weighted by Crippen LogP contribution is -1.83. The zero-order valence-electron chi connectivity index (χ0n) is 8.38. The highest BCUT2D eigenvalue weighted by Gasteiger charge is 2.04. The van der Waals surface area contributed by atoms with Crippen LogP contribution in [0.5, 0.6) is 0 Å². The SMILES string of the molecule is [C-]#[N+]c1cc(-c2ccccn2)ccc1C#N. The molecule has 1 aromatic carbocycles. The molecule has 0 fully saturated rings. The molecule has 3 heteroatoms. The summed E-state index contributed by atoms with van der Waals surface area (Å²) in [5, 5.41) is 8.80. The highest BCUT2D eigenvalue weighted by molar-refractivity contribution is 5.70. The Balaban J connectivity index is 2.55. The van der Waals surface area contributed by atoms with Gasteiger partial charge in [0, 0.05) is 6.20 Å². The third-order valence-electron chi connectivity index (χ3n) is 2.20. The average molecular weight is 205 g/mol. The first-order valence-corrected chi connectivity index (χ1v) is 4.68. The van der Waals surface area contributed by atoms with E-state index in [1.807, 2.05) is 24.3 Å². The summed E-state index contributed by atoms with van der Waals surface area (Å²) in [5.41, 5.74) is 2.42. The monoisotopic (exact) mass is 205 g/mol. The van der Waals surface area contributed by atoms with E-state index in [0.29, 0.717) is 11.3 Å². The first-order valence-electron chi connectivity index (χ1n) is 4.68. The van der Waals surface area contributed by atoms with Crippen molar-refractivity contribution in [3.63, 3.8) is 0 Å². The molecule has 3 nitrogen and oxygen atoms in total. The van der Waals surface area contributed by atoms with E-state index in [9.17, 15) is 0 Å². The molecule has 74 valence electrons. The largest absolute Gasteiger partial charge is 0.256 e. The zero-order valence-corrected chi connectivity index (χ0v) is 8.38. The van der Waals surface area contributed by atoms with E-state index in [-0.39, 0.29) is 0 Å². The van der Waals surface area contributed by atoms with Gasteiger partial charge in [-0.2, -0.15) is 5.26 Å². The Kier molecular flexibility index (Phi) is 2.63. The van der Waals surface area contributed by atoms with Gasteiger partial charge in [-0.1, -0.05) is 18.2 Å². The van der Waals surface area contributed by atoms with Crippen LogP contribution in [0.3, 0.4) is 0 Å². The van der Waals surface area contributed by atoms with Gasteiger partial charge < -0.3 is 0 Å². The molecular formula is C13H7N3. The van der Waals surface area contributed by atoms with Crippen molar-refractivity contribution in [1.29, 1.82) is 5.26 Å². The van der Waals surface area contributed by atoms with Crippen LogP contribution in [-0.4, -0.2) is 4.98 Å². The van der Waals surface area contributed by atoms with E-state index in [4.69, 9.17) is 11.8 Å². The maximum atomic E-state index is 8.80. The fourth-order valence-electron chi connectivity index (χ4n) is 1.41. The molecule has 16 heavy (non-hydrogen) atoms. The second kappa shape index (κ2) is 4.25. The molecule has 0 radical (unpaired) electrons. The van der Waals surface area contributed by atoms with E-state index < -0.39 is 0 Å². The maximum Gasteiger partial charge on any atom is 0.205 e. The van der Waals surface area contributed by atoms with Gasteiger partial charge in [-0.25, -0.2) is 4.85 Å². The van der Waals surface area contributed by atoms with Crippen molar-refractivity contribution >= 4 is 5.69 Å². The Bertz CT molecular complexity index is 589. The van der Waals surface area contributed by atoms with Crippen molar-refractivity contribution in [2.75, 3.05) is 0 Å². The maximum absolute atomic E-state index is 8.80. The Morgan fingerprint density at radius 1 is 1.25 bits per heavy atom. The number of benzene rings is 1. The molecule has 2 rings (SSSR count). The minimum atomic E-state index is 0.366. The molecule has 0 bridgehead atoms. The van der Waals surface area contributed by atoms with Gasteiger partial charge in [0.2, 0.25) is 5.69 Å². The van der Waals surface area contributed by atoms with E-state index >= 15 is 0 Å². The van der Waals surface area contributed by atoms with Gasteiger partial charge in [-0.05, 0) is 23.8 Å². The van der Waals surface area contributed by atoms with Crippen molar-refractivity contribution in [2.24, 2.45) is 0 Å². The summed E-state index contributed by atoms with van der Waals surface area (Å²) in [6, 6.07) is 12.7. The number of nitrogens with zero attached hydrogens (tertiary/aromatic N) is 3. The first kappa shape index (κ1) is 9.89. The van der Waals surface area contributed by atoms with Crippen LogP contribution in [0.25, 0.3) is 16.1 Å². The number of hydrogen-bond donors (Lipinski definition) is 0. The molecule has 0 atom stereocenters. The van der Waals surface area contributed by atoms with Gasteiger partial charge in [-0.15, -0.1) is 0 Å². The lowest BCUT2D eigenvalue weighted by molar-refractivity contribution is 1.33. The number of nitriles is 1. The van der Waals surface area contributed by atoms with Gasteiger partial charge in [0.25, 0.3) is 0 Å².